The monoisotopic (exact) mass is 919 g/mol. The van der Waals surface area contributed by atoms with E-state index in [1.807, 2.05) is 84.0 Å². The molecule has 0 spiro atoms. The molecule has 0 unspecified atom stereocenters. The highest BCUT2D eigenvalue weighted by Gasteiger charge is 2.13. The molecule has 0 bridgehead atoms. The third kappa shape index (κ3) is 16.3. The zero-order valence-electron chi connectivity index (χ0n) is 43.3. The molecule has 0 atom stereocenters. The maximum Gasteiger partial charge on any atom is -0.0148 e. The molecule has 0 aliphatic carbocycles. The van der Waals surface area contributed by atoms with Gasteiger partial charge in [0.05, 0.1) is 0 Å². The zero-order valence-corrected chi connectivity index (χ0v) is 43.3. The highest BCUT2D eigenvalue weighted by molar-refractivity contribution is 5.85. The van der Waals surface area contributed by atoms with Gasteiger partial charge in [-0.15, -0.1) is 6.58 Å². The predicted molar refractivity (Wildman–Crippen MR) is 315 cm³/mol. The quantitative estimate of drug-likeness (QED) is 0.140. The van der Waals surface area contributed by atoms with Crippen molar-refractivity contribution in [1.29, 1.82) is 0 Å². The highest BCUT2D eigenvalue weighted by Crippen LogP contribution is 2.36. The van der Waals surface area contributed by atoms with E-state index in [1.54, 1.807) is 0 Å². The SMILES string of the molecule is C.C=C(C)C.C=C(c1cccc(-c2ccc(-c3ccccc3)cc2)c1)c1cc(-c2ccccc2)ccc1C.CC.CC.Cc1ccccc1-c1ccc(-c2ccccc2C)c(C)c1C.c1ccccc1. The van der Waals surface area contributed by atoms with Crippen LogP contribution in [0.5, 0.6) is 0 Å². The minimum atomic E-state index is 0. The second-order valence-corrected chi connectivity index (χ2v) is 16.8. The van der Waals surface area contributed by atoms with Crippen molar-refractivity contribution in [3.8, 4) is 55.6 Å². The van der Waals surface area contributed by atoms with Crippen LogP contribution >= 0.6 is 0 Å². The molecule has 70 heavy (non-hydrogen) atoms. The van der Waals surface area contributed by atoms with E-state index < -0.39 is 0 Å². The van der Waals surface area contributed by atoms with E-state index in [0.717, 1.165) is 11.1 Å². The molecule has 0 N–H and O–H groups in total. The first-order chi connectivity index (χ1) is 33.5. The van der Waals surface area contributed by atoms with Crippen LogP contribution in [0.3, 0.4) is 0 Å². The van der Waals surface area contributed by atoms with E-state index in [0.29, 0.717) is 0 Å². The molecule has 9 aromatic carbocycles. The molecule has 0 saturated heterocycles. The Morgan fingerprint density at radius 3 is 1.04 bits per heavy atom. The molecule has 0 heterocycles. The van der Waals surface area contributed by atoms with Crippen LogP contribution in [0.25, 0.3) is 61.2 Å². The molecule has 358 valence electrons. The van der Waals surface area contributed by atoms with Crippen molar-refractivity contribution < 1.29 is 0 Å². The van der Waals surface area contributed by atoms with Gasteiger partial charge >= 0.3 is 0 Å². The van der Waals surface area contributed by atoms with Gasteiger partial charge in [0.1, 0.15) is 0 Å². The summed E-state index contributed by atoms with van der Waals surface area (Å²) in [4.78, 5) is 0. The van der Waals surface area contributed by atoms with E-state index in [-0.39, 0.29) is 7.43 Å². The Morgan fingerprint density at radius 2 is 0.614 bits per heavy atom. The lowest BCUT2D eigenvalue weighted by Crippen LogP contribution is -1.94. The van der Waals surface area contributed by atoms with Crippen molar-refractivity contribution in [2.45, 2.75) is 83.6 Å². The normalized spacial score (nSPS) is 9.64. The van der Waals surface area contributed by atoms with Crippen LogP contribution in [0.1, 0.15) is 87.9 Å². The van der Waals surface area contributed by atoms with Crippen molar-refractivity contribution in [3.63, 3.8) is 0 Å². The summed E-state index contributed by atoms with van der Waals surface area (Å²) in [6.45, 7) is 31.0. The average molecular weight is 919 g/mol. The first-order valence-corrected chi connectivity index (χ1v) is 24.5. The van der Waals surface area contributed by atoms with Gasteiger partial charge in [-0.05, 0) is 161 Å². The van der Waals surface area contributed by atoms with Gasteiger partial charge in [0.15, 0.2) is 0 Å². The molecule has 0 aliphatic rings. The van der Waals surface area contributed by atoms with Gasteiger partial charge in [-0.2, -0.15) is 0 Å². The fraction of sp³-hybridized carbons (Fsp3) is 0.171. The van der Waals surface area contributed by atoms with E-state index in [4.69, 9.17) is 0 Å². The number of hydrogen-bond acceptors (Lipinski definition) is 0. The molecular weight excluding hydrogens is 841 g/mol. The first-order valence-electron chi connectivity index (χ1n) is 24.5. The Hall–Kier alpha value is -7.54. The van der Waals surface area contributed by atoms with Crippen LogP contribution in [0, 0.1) is 34.6 Å². The average Bonchev–Trinajstić information content (AvgIpc) is 3.40. The molecule has 0 saturated carbocycles. The van der Waals surface area contributed by atoms with Crippen LogP contribution in [0.4, 0.5) is 0 Å². The first kappa shape index (κ1) is 56.8. The van der Waals surface area contributed by atoms with Crippen molar-refractivity contribution in [2.75, 3.05) is 0 Å². The maximum absolute atomic E-state index is 4.48. The minimum absolute atomic E-state index is 0. The minimum Gasteiger partial charge on any atom is -0.100 e. The predicted octanol–water partition coefficient (Wildman–Crippen LogP) is 21.3. The lowest BCUT2D eigenvalue weighted by Gasteiger charge is -2.16. The van der Waals surface area contributed by atoms with Gasteiger partial charge in [-0.1, -0.05) is 260 Å². The second-order valence-electron chi connectivity index (χ2n) is 16.8. The summed E-state index contributed by atoms with van der Waals surface area (Å²) in [6.07, 6.45) is 0. The molecule has 0 heteroatoms. The fourth-order valence-electron chi connectivity index (χ4n) is 7.82. The van der Waals surface area contributed by atoms with E-state index in [9.17, 15) is 0 Å². The van der Waals surface area contributed by atoms with Gasteiger partial charge in [-0.3, -0.25) is 0 Å². The van der Waals surface area contributed by atoms with Crippen molar-refractivity contribution in [1.82, 2.24) is 0 Å². The zero-order chi connectivity index (χ0) is 50.1. The molecule has 0 amide bonds. The maximum atomic E-state index is 4.48. The van der Waals surface area contributed by atoms with Gasteiger partial charge in [0.2, 0.25) is 0 Å². The van der Waals surface area contributed by atoms with Crippen LogP contribution in [0.15, 0.2) is 243 Å². The Morgan fingerprint density at radius 1 is 0.300 bits per heavy atom. The van der Waals surface area contributed by atoms with Crippen LogP contribution in [-0.2, 0) is 0 Å². The molecule has 9 aromatic rings. The standard InChI is InChI=1S/C33H26.C22H22.C6H6.C4H8.2C2H6.CH4/c1-24-16-17-32(27-12-7-4-8-13-27)23-33(24)25(2)30-14-9-15-31(22-30)29-20-18-28(19-21-29)26-10-5-3-6-11-26;1-15-9-5-7-11-19(15)21-13-14-22(18(4)17(21)3)20-12-8-6-10-16(20)2;1-2-4-6-5-3-1;1-4(2)3;2*1-2;/h3-23H,2H2,1H3;5-14H,1-4H3;1-6H;1H2,2-3H3;2*1-2H3;1H4. The van der Waals surface area contributed by atoms with Gasteiger partial charge < -0.3 is 0 Å². The third-order valence-corrected chi connectivity index (χ3v) is 11.5. The largest absolute Gasteiger partial charge is 0.100 e. The summed E-state index contributed by atoms with van der Waals surface area (Å²) in [6, 6.07) is 78.9. The number of rotatable bonds is 7. The van der Waals surface area contributed by atoms with E-state index in [2.05, 4.69) is 230 Å². The summed E-state index contributed by atoms with van der Waals surface area (Å²) in [7, 11) is 0. The molecule has 0 aliphatic heterocycles. The molecule has 0 aromatic heterocycles. The smallest absolute Gasteiger partial charge is 0.0148 e. The fourth-order valence-corrected chi connectivity index (χ4v) is 7.82. The van der Waals surface area contributed by atoms with Crippen LogP contribution in [0.2, 0.25) is 0 Å². The van der Waals surface area contributed by atoms with Gasteiger partial charge in [-0.25, -0.2) is 0 Å². The second kappa shape index (κ2) is 30.1. The van der Waals surface area contributed by atoms with Gasteiger partial charge in [0.25, 0.3) is 0 Å². The van der Waals surface area contributed by atoms with Crippen molar-refractivity contribution >= 4 is 5.57 Å². The number of hydrogen-bond donors (Lipinski definition) is 0. The molecule has 0 nitrogen and oxygen atoms in total. The van der Waals surface area contributed by atoms with E-state index in [1.165, 1.54) is 94.6 Å². The molecule has 9 rings (SSSR count). The third-order valence-electron chi connectivity index (χ3n) is 11.5. The summed E-state index contributed by atoms with van der Waals surface area (Å²) >= 11 is 0. The number of aryl methyl sites for hydroxylation is 3. The van der Waals surface area contributed by atoms with Crippen LogP contribution in [-0.4, -0.2) is 0 Å². The number of benzene rings is 9. The molecular formula is C70H78. The van der Waals surface area contributed by atoms with Crippen molar-refractivity contribution in [2.24, 2.45) is 0 Å². The molecule has 0 radical (unpaired) electrons. The Bertz CT molecular complexity index is 2830. The summed E-state index contributed by atoms with van der Waals surface area (Å²) in [5, 5.41) is 0. The van der Waals surface area contributed by atoms with E-state index >= 15 is 0 Å². The van der Waals surface area contributed by atoms with Crippen LogP contribution < -0.4 is 0 Å². The highest BCUT2D eigenvalue weighted by atomic mass is 14.2. The topological polar surface area (TPSA) is 0 Å². The van der Waals surface area contributed by atoms with Gasteiger partial charge in [0, 0.05) is 0 Å². The number of allylic oxidation sites excluding steroid dienone is 1. The summed E-state index contributed by atoms with van der Waals surface area (Å²) in [5.41, 5.74) is 23.8. The Labute approximate surface area is 424 Å². The lowest BCUT2D eigenvalue weighted by molar-refractivity contribution is 1.32. The van der Waals surface area contributed by atoms with Crippen molar-refractivity contribution in [3.05, 3.63) is 282 Å². The Kier molecular flexibility index (Phi) is 24.4. The Balaban J connectivity index is 0.000000300. The summed E-state index contributed by atoms with van der Waals surface area (Å²) in [5.74, 6) is 0. The lowest BCUT2D eigenvalue weighted by atomic mass is 9.88. The summed E-state index contributed by atoms with van der Waals surface area (Å²) < 4.78 is 0. The molecule has 0 fully saturated rings.